The van der Waals surface area contributed by atoms with E-state index in [1.54, 1.807) is 7.11 Å². The average molecular weight is 351 g/mol. The van der Waals surface area contributed by atoms with Crippen molar-refractivity contribution >= 4 is 11.6 Å². The Bertz CT molecular complexity index is 691. The van der Waals surface area contributed by atoms with Gasteiger partial charge in [-0.3, -0.25) is 10.00 Å². The van der Waals surface area contributed by atoms with E-state index in [4.69, 9.17) is 21.1 Å². The van der Waals surface area contributed by atoms with Crippen LogP contribution < -0.4 is 4.74 Å². The zero-order valence-electron chi connectivity index (χ0n) is 14.3. The molecule has 1 aromatic heterocycles. The van der Waals surface area contributed by atoms with E-state index in [1.165, 1.54) is 0 Å². The molecule has 0 bridgehead atoms. The maximum absolute atomic E-state index is 6.39. The van der Waals surface area contributed by atoms with Crippen molar-refractivity contribution in [2.75, 3.05) is 27.3 Å². The van der Waals surface area contributed by atoms with Crippen molar-refractivity contribution in [1.82, 2.24) is 20.1 Å². The van der Waals surface area contributed by atoms with E-state index < -0.39 is 0 Å². The molecule has 2 atom stereocenters. The lowest BCUT2D eigenvalue weighted by atomic mass is 10.0. The topological polar surface area (TPSA) is 63.3 Å². The van der Waals surface area contributed by atoms with E-state index in [0.29, 0.717) is 10.8 Å². The van der Waals surface area contributed by atoms with E-state index in [0.717, 1.165) is 43.3 Å². The smallest absolute Gasteiger partial charge is 0.156 e. The Morgan fingerprint density at radius 2 is 2.29 bits per heavy atom. The number of hydrogen-bond acceptors (Lipinski definition) is 5. The van der Waals surface area contributed by atoms with E-state index in [1.807, 2.05) is 25.1 Å². The molecule has 6 nitrogen and oxygen atoms in total. The van der Waals surface area contributed by atoms with Crippen LogP contribution in [0.25, 0.3) is 0 Å². The number of rotatable bonds is 6. The Morgan fingerprint density at radius 1 is 1.46 bits per heavy atom. The zero-order chi connectivity index (χ0) is 17.1. The molecule has 0 spiro atoms. The van der Waals surface area contributed by atoms with Crippen LogP contribution in [0.1, 0.15) is 29.6 Å². The third-order valence-corrected chi connectivity index (χ3v) is 4.78. The van der Waals surface area contributed by atoms with Crippen LogP contribution in [0.2, 0.25) is 5.02 Å². The Morgan fingerprint density at radius 3 is 3.00 bits per heavy atom. The van der Waals surface area contributed by atoms with Gasteiger partial charge in [-0.15, -0.1) is 0 Å². The summed E-state index contributed by atoms with van der Waals surface area (Å²) in [4.78, 5) is 6.68. The van der Waals surface area contributed by atoms with Crippen molar-refractivity contribution in [2.45, 2.75) is 31.9 Å². The molecule has 1 N–H and O–H groups in total. The van der Waals surface area contributed by atoms with Crippen LogP contribution in [0.5, 0.6) is 5.75 Å². The number of ether oxygens (including phenoxy) is 2. The van der Waals surface area contributed by atoms with Gasteiger partial charge < -0.3 is 9.47 Å². The van der Waals surface area contributed by atoms with Crippen LogP contribution in [0.15, 0.2) is 18.2 Å². The number of aromatic nitrogens is 3. The number of aromatic amines is 1. The molecule has 0 aliphatic carbocycles. The fraction of sp³-hybridized carbons (Fsp3) is 0.529. The summed E-state index contributed by atoms with van der Waals surface area (Å²) in [6.07, 6.45) is 1.05. The number of likely N-dealkylation sites (N-methyl/N-ethyl adjacent to an activating group) is 1. The van der Waals surface area contributed by atoms with Crippen molar-refractivity contribution < 1.29 is 9.47 Å². The summed E-state index contributed by atoms with van der Waals surface area (Å²) >= 11 is 6.39. The second-order valence-corrected chi connectivity index (χ2v) is 6.59. The second-order valence-electron chi connectivity index (χ2n) is 6.21. The second kappa shape index (κ2) is 7.51. The van der Waals surface area contributed by atoms with E-state index in [9.17, 15) is 0 Å². The van der Waals surface area contributed by atoms with Crippen molar-refractivity contribution in [3.63, 3.8) is 0 Å². The predicted molar refractivity (Wildman–Crippen MR) is 92.6 cm³/mol. The molecule has 0 saturated carbocycles. The first-order chi connectivity index (χ1) is 11.6. The van der Waals surface area contributed by atoms with E-state index in [2.05, 4.69) is 27.1 Å². The van der Waals surface area contributed by atoms with Crippen molar-refractivity contribution in [3.05, 3.63) is 40.4 Å². The Hall–Kier alpha value is -1.63. The van der Waals surface area contributed by atoms with Gasteiger partial charge in [-0.1, -0.05) is 23.7 Å². The molecule has 2 aromatic rings. The van der Waals surface area contributed by atoms with Gasteiger partial charge in [-0.2, -0.15) is 5.10 Å². The van der Waals surface area contributed by atoms with Gasteiger partial charge in [0.15, 0.2) is 5.82 Å². The number of nitrogens with one attached hydrogen (secondary N) is 1. The molecule has 0 radical (unpaired) electrons. The maximum atomic E-state index is 6.39. The summed E-state index contributed by atoms with van der Waals surface area (Å²) < 4.78 is 11.2. The minimum Gasteiger partial charge on any atom is -0.495 e. The summed E-state index contributed by atoms with van der Waals surface area (Å²) in [6, 6.07) is 5.85. The van der Waals surface area contributed by atoms with Gasteiger partial charge in [-0.05, 0) is 32.0 Å². The number of nitrogens with zero attached hydrogens (tertiary/aromatic N) is 3. The maximum Gasteiger partial charge on any atom is 0.156 e. The summed E-state index contributed by atoms with van der Waals surface area (Å²) in [6.45, 7) is 4.19. The van der Waals surface area contributed by atoms with Gasteiger partial charge in [0.2, 0.25) is 0 Å². The number of methoxy groups -OCH3 is 1. The quantitative estimate of drug-likeness (QED) is 0.868. The minimum atomic E-state index is 0.0922. The third kappa shape index (κ3) is 3.71. The highest BCUT2D eigenvalue weighted by atomic mass is 35.5. The molecule has 1 aromatic carbocycles. The lowest BCUT2D eigenvalue weighted by Gasteiger charge is -2.24. The van der Waals surface area contributed by atoms with Gasteiger partial charge >= 0.3 is 0 Å². The normalized spacial score (nSPS) is 20.7. The fourth-order valence-electron chi connectivity index (χ4n) is 3.15. The average Bonchev–Trinajstić information content (AvgIpc) is 3.18. The van der Waals surface area contributed by atoms with E-state index in [-0.39, 0.29) is 12.0 Å². The van der Waals surface area contributed by atoms with Gasteiger partial charge in [0.25, 0.3) is 0 Å². The number of benzene rings is 1. The number of hydrogen-bond donors (Lipinski definition) is 1. The van der Waals surface area contributed by atoms with Gasteiger partial charge in [-0.25, -0.2) is 4.98 Å². The Kier molecular flexibility index (Phi) is 5.38. The number of halogens is 1. The van der Waals surface area contributed by atoms with Crippen molar-refractivity contribution in [3.8, 4) is 5.75 Å². The molecule has 0 unspecified atom stereocenters. The molecular formula is C17H23ClN4O2. The summed E-state index contributed by atoms with van der Waals surface area (Å²) in [5, 5.41) is 7.89. The molecule has 1 aliphatic rings. The zero-order valence-corrected chi connectivity index (χ0v) is 15.0. The molecule has 3 rings (SSSR count). The fourth-order valence-corrected chi connectivity index (χ4v) is 3.41. The third-order valence-electron chi connectivity index (χ3n) is 4.35. The first-order valence-electron chi connectivity index (χ1n) is 8.09. The first kappa shape index (κ1) is 17.2. The summed E-state index contributed by atoms with van der Waals surface area (Å²) in [5.74, 6) is 2.63. The van der Waals surface area contributed by atoms with Crippen molar-refractivity contribution in [1.29, 1.82) is 0 Å². The van der Waals surface area contributed by atoms with Crippen LogP contribution in [0.3, 0.4) is 0 Å². The molecular weight excluding hydrogens is 328 g/mol. The first-order valence-corrected chi connectivity index (χ1v) is 8.46. The van der Waals surface area contributed by atoms with Crippen molar-refractivity contribution in [2.24, 2.45) is 0 Å². The van der Waals surface area contributed by atoms with Crippen LogP contribution in [-0.4, -0.2) is 53.5 Å². The Labute approximate surface area is 147 Å². The SMILES string of the molecule is COc1cccc(CN(C)C[C@H]2OCC[C@H]2c2n[nH]c(C)n2)c1Cl. The Balaban J connectivity index is 1.65. The molecule has 7 heteroatoms. The van der Waals surface area contributed by atoms with Crippen LogP contribution in [0.4, 0.5) is 0 Å². The predicted octanol–water partition coefficient (Wildman–Crippen LogP) is 2.78. The summed E-state index contributed by atoms with van der Waals surface area (Å²) in [7, 11) is 3.70. The van der Waals surface area contributed by atoms with Crippen LogP contribution in [-0.2, 0) is 11.3 Å². The molecule has 24 heavy (non-hydrogen) atoms. The van der Waals surface area contributed by atoms with Gasteiger partial charge in [0, 0.05) is 19.7 Å². The molecule has 0 amide bonds. The number of aryl methyl sites for hydroxylation is 1. The van der Waals surface area contributed by atoms with Crippen LogP contribution >= 0.6 is 11.6 Å². The molecule has 130 valence electrons. The monoisotopic (exact) mass is 350 g/mol. The highest BCUT2D eigenvalue weighted by Gasteiger charge is 2.33. The number of H-pyrrole nitrogens is 1. The van der Waals surface area contributed by atoms with Gasteiger partial charge in [0.1, 0.15) is 11.6 Å². The van der Waals surface area contributed by atoms with Gasteiger partial charge in [0.05, 0.1) is 24.2 Å². The molecule has 1 saturated heterocycles. The standard InChI is InChI=1S/C17H23ClN4O2/c1-11-19-17(21-20-11)13-7-8-24-15(13)10-22(2)9-12-5-4-6-14(23-3)16(12)18/h4-6,13,15H,7-10H2,1-3H3,(H,19,20,21)/t13-,15-/m1/s1. The highest BCUT2D eigenvalue weighted by Crippen LogP contribution is 2.31. The molecule has 2 heterocycles. The highest BCUT2D eigenvalue weighted by molar-refractivity contribution is 6.32. The van der Waals surface area contributed by atoms with E-state index >= 15 is 0 Å². The minimum absolute atomic E-state index is 0.0922. The van der Waals surface area contributed by atoms with Crippen LogP contribution in [0, 0.1) is 6.92 Å². The molecule has 1 fully saturated rings. The molecule has 1 aliphatic heterocycles. The lowest BCUT2D eigenvalue weighted by Crippen LogP contribution is -2.32. The summed E-state index contributed by atoms with van der Waals surface area (Å²) in [5.41, 5.74) is 1.04. The lowest BCUT2D eigenvalue weighted by molar-refractivity contribution is 0.0711. The largest absolute Gasteiger partial charge is 0.495 e.